The summed E-state index contributed by atoms with van der Waals surface area (Å²) >= 11 is 0. The maximum absolute atomic E-state index is 12.5. The molecule has 0 aromatic heterocycles. The van der Waals surface area contributed by atoms with Crippen molar-refractivity contribution in [3.05, 3.63) is 29.8 Å². The van der Waals surface area contributed by atoms with E-state index < -0.39 is 10.0 Å². The minimum absolute atomic E-state index is 0.0217. The van der Waals surface area contributed by atoms with E-state index in [0.29, 0.717) is 18.5 Å². The van der Waals surface area contributed by atoms with E-state index in [1.54, 1.807) is 0 Å². The van der Waals surface area contributed by atoms with Crippen molar-refractivity contribution in [3.63, 3.8) is 0 Å². The van der Waals surface area contributed by atoms with Gasteiger partial charge in [0.2, 0.25) is 10.0 Å². The molecule has 0 bridgehead atoms. The Morgan fingerprint density at radius 1 is 1.32 bits per heavy atom. The molecule has 2 rings (SSSR count). The van der Waals surface area contributed by atoms with Gasteiger partial charge in [-0.3, -0.25) is 0 Å². The van der Waals surface area contributed by atoms with Gasteiger partial charge in [-0.25, -0.2) is 8.42 Å². The topological polar surface area (TPSA) is 81.4 Å². The van der Waals surface area contributed by atoms with E-state index in [1.807, 2.05) is 6.07 Å². The molecule has 6 heteroatoms. The van der Waals surface area contributed by atoms with Crippen LogP contribution in [0.4, 0.5) is 0 Å². The van der Waals surface area contributed by atoms with E-state index in [1.165, 1.54) is 28.6 Å². The quantitative estimate of drug-likeness (QED) is 0.846. The first-order valence-electron chi connectivity index (χ1n) is 6.22. The van der Waals surface area contributed by atoms with Gasteiger partial charge in [0.25, 0.3) is 0 Å². The molecule has 102 valence electrons. The Hall–Kier alpha value is -1.42. The van der Waals surface area contributed by atoms with Gasteiger partial charge in [-0.05, 0) is 43.5 Å². The summed E-state index contributed by atoms with van der Waals surface area (Å²) in [7, 11) is -3.52. The molecule has 0 heterocycles. The van der Waals surface area contributed by atoms with Gasteiger partial charge in [-0.15, -0.1) is 0 Å². The van der Waals surface area contributed by atoms with Gasteiger partial charge in [0.15, 0.2) is 0 Å². The lowest BCUT2D eigenvalue weighted by Gasteiger charge is -2.21. The summed E-state index contributed by atoms with van der Waals surface area (Å²) in [6.07, 6.45) is 2.19. The number of sulfonamides is 1. The zero-order chi connectivity index (χ0) is 13.9. The third-order valence-electron chi connectivity index (χ3n) is 3.08. The highest BCUT2D eigenvalue weighted by molar-refractivity contribution is 7.89. The molecule has 1 saturated carbocycles. The van der Waals surface area contributed by atoms with Crippen LogP contribution in [0, 0.1) is 11.3 Å². The number of rotatable bonds is 6. The highest BCUT2D eigenvalue weighted by atomic mass is 32.2. The first kappa shape index (κ1) is 14.0. The lowest BCUT2D eigenvalue weighted by atomic mass is 10.2. The molecule has 0 aliphatic heterocycles. The van der Waals surface area contributed by atoms with Crippen LogP contribution in [0.5, 0.6) is 0 Å². The smallest absolute Gasteiger partial charge is 0.243 e. The van der Waals surface area contributed by atoms with Crippen LogP contribution in [0.15, 0.2) is 29.2 Å². The number of hydrogen-bond donors (Lipinski definition) is 1. The second-order valence-corrected chi connectivity index (χ2v) is 6.45. The van der Waals surface area contributed by atoms with Crippen molar-refractivity contribution < 1.29 is 13.5 Å². The summed E-state index contributed by atoms with van der Waals surface area (Å²) in [6.45, 7) is 0.315. The highest BCUT2D eigenvalue weighted by Gasteiger charge is 2.37. The summed E-state index contributed by atoms with van der Waals surface area (Å²) in [5.41, 5.74) is 0.437. The Bertz CT molecular complexity index is 571. The highest BCUT2D eigenvalue weighted by Crippen LogP contribution is 2.32. The van der Waals surface area contributed by atoms with E-state index in [0.717, 1.165) is 12.8 Å². The lowest BCUT2D eigenvalue weighted by Crippen LogP contribution is -2.34. The fraction of sp³-hybridized carbons (Fsp3) is 0.462. The van der Waals surface area contributed by atoms with Crippen molar-refractivity contribution in [1.82, 2.24) is 4.31 Å². The standard InChI is InChI=1S/C13H16N2O3S/c14-10-11-2-6-13(7-3-11)19(17,18)15(8-1-9-16)12-4-5-12/h2-3,6-7,12,16H,1,4-5,8-9H2. The van der Waals surface area contributed by atoms with Crippen molar-refractivity contribution in [2.45, 2.75) is 30.2 Å². The van der Waals surface area contributed by atoms with Crippen LogP contribution in [0.3, 0.4) is 0 Å². The predicted molar refractivity (Wildman–Crippen MR) is 69.8 cm³/mol. The molecule has 1 fully saturated rings. The Balaban J connectivity index is 2.25. The van der Waals surface area contributed by atoms with Crippen LogP contribution in [0.25, 0.3) is 0 Å². The van der Waals surface area contributed by atoms with Crippen LogP contribution in [0.2, 0.25) is 0 Å². The van der Waals surface area contributed by atoms with Gasteiger partial charge in [0.1, 0.15) is 0 Å². The summed E-state index contributed by atoms with van der Waals surface area (Å²) in [4.78, 5) is 0.205. The molecule has 0 amide bonds. The first-order valence-corrected chi connectivity index (χ1v) is 7.66. The molecule has 1 aromatic rings. The van der Waals surface area contributed by atoms with Crippen molar-refractivity contribution in [1.29, 1.82) is 5.26 Å². The van der Waals surface area contributed by atoms with Crippen LogP contribution in [-0.4, -0.2) is 37.0 Å². The average Bonchev–Trinajstić information content (AvgIpc) is 3.23. The zero-order valence-corrected chi connectivity index (χ0v) is 11.3. The molecule has 5 nitrogen and oxygen atoms in total. The predicted octanol–water partition coefficient (Wildman–Crippen LogP) is 1.09. The monoisotopic (exact) mass is 280 g/mol. The summed E-state index contributed by atoms with van der Waals surface area (Å²) in [5, 5.41) is 17.6. The molecular weight excluding hydrogens is 264 g/mol. The first-order chi connectivity index (χ1) is 9.09. The van der Waals surface area contributed by atoms with Crippen molar-refractivity contribution in [3.8, 4) is 6.07 Å². The number of aliphatic hydroxyl groups is 1. The number of hydrogen-bond acceptors (Lipinski definition) is 4. The maximum Gasteiger partial charge on any atom is 0.243 e. The van der Waals surface area contributed by atoms with Gasteiger partial charge >= 0.3 is 0 Å². The number of nitrogens with zero attached hydrogens (tertiary/aromatic N) is 2. The number of nitriles is 1. The summed E-state index contributed by atoms with van der Waals surface area (Å²) in [6, 6.07) is 7.95. The molecule has 19 heavy (non-hydrogen) atoms. The minimum atomic E-state index is -3.52. The number of benzene rings is 1. The molecule has 0 unspecified atom stereocenters. The molecule has 1 aliphatic carbocycles. The Morgan fingerprint density at radius 2 is 1.95 bits per heavy atom. The van der Waals surface area contributed by atoms with E-state index in [2.05, 4.69) is 0 Å². The van der Waals surface area contributed by atoms with Crippen molar-refractivity contribution in [2.24, 2.45) is 0 Å². The molecule has 0 atom stereocenters. The maximum atomic E-state index is 12.5. The molecule has 1 N–H and O–H groups in total. The van der Waals surface area contributed by atoms with Crippen LogP contribution >= 0.6 is 0 Å². The van der Waals surface area contributed by atoms with E-state index in [9.17, 15) is 8.42 Å². The van der Waals surface area contributed by atoms with Crippen molar-refractivity contribution in [2.75, 3.05) is 13.2 Å². The number of aliphatic hydroxyl groups excluding tert-OH is 1. The second kappa shape index (κ2) is 5.70. The molecule has 0 spiro atoms. The van der Waals surface area contributed by atoms with Crippen LogP contribution < -0.4 is 0 Å². The van der Waals surface area contributed by atoms with Gasteiger partial charge in [-0.2, -0.15) is 9.57 Å². The SMILES string of the molecule is N#Cc1ccc(S(=O)(=O)N(CCCO)C2CC2)cc1. The Morgan fingerprint density at radius 3 is 2.42 bits per heavy atom. The normalized spacial score (nSPS) is 15.4. The lowest BCUT2D eigenvalue weighted by molar-refractivity contribution is 0.267. The molecule has 0 radical (unpaired) electrons. The zero-order valence-electron chi connectivity index (χ0n) is 10.5. The molecule has 0 saturated heterocycles. The Kier molecular flexibility index (Phi) is 4.20. The largest absolute Gasteiger partial charge is 0.396 e. The molecule has 1 aromatic carbocycles. The van der Waals surface area contributed by atoms with E-state index in [4.69, 9.17) is 10.4 Å². The third kappa shape index (κ3) is 3.13. The summed E-state index contributed by atoms with van der Waals surface area (Å²) < 4.78 is 26.4. The Labute approximate surface area is 113 Å². The van der Waals surface area contributed by atoms with Crippen LogP contribution in [-0.2, 0) is 10.0 Å². The van der Waals surface area contributed by atoms with Crippen molar-refractivity contribution >= 4 is 10.0 Å². The fourth-order valence-electron chi connectivity index (χ4n) is 1.92. The van der Waals surface area contributed by atoms with Gasteiger partial charge in [-0.1, -0.05) is 0 Å². The average molecular weight is 280 g/mol. The van der Waals surface area contributed by atoms with Gasteiger partial charge < -0.3 is 5.11 Å². The van der Waals surface area contributed by atoms with Gasteiger partial charge in [0.05, 0.1) is 16.5 Å². The minimum Gasteiger partial charge on any atom is -0.396 e. The van der Waals surface area contributed by atoms with Gasteiger partial charge in [0, 0.05) is 19.2 Å². The third-order valence-corrected chi connectivity index (χ3v) is 5.05. The summed E-state index contributed by atoms with van der Waals surface area (Å²) in [5.74, 6) is 0. The second-order valence-electron chi connectivity index (χ2n) is 4.56. The molecule has 1 aliphatic rings. The van der Waals surface area contributed by atoms with E-state index in [-0.39, 0.29) is 17.5 Å². The fourth-order valence-corrected chi connectivity index (χ4v) is 3.65. The molecular formula is C13H16N2O3S. The van der Waals surface area contributed by atoms with Crippen LogP contribution in [0.1, 0.15) is 24.8 Å². The van der Waals surface area contributed by atoms with E-state index >= 15 is 0 Å².